The minimum atomic E-state index is 0. The van der Waals surface area contributed by atoms with Crippen LogP contribution in [0.4, 0.5) is 5.69 Å². The molecule has 1 heterocycles. The molecule has 0 unspecified atom stereocenters. The van der Waals surface area contributed by atoms with Gasteiger partial charge in [0.15, 0.2) is 5.96 Å². The van der Waals surface area contributed by atoms with Crippen molar-refractivity contribution in [2.24, 2.45) is 4.99 Å². The fraction of sp³-hybridized carbons (Fsp3) is 0.364. The first-order chi connectivity index (χ1) is 13.7. The SMILES string of the molecule is CCc1ccccc1CNC(=NC)NCCOc1ccc2c(c1)CCC(=O)N2.I. The molecule has 0 spiro atoms. The monoisotopic (exact) mass is 508 g/mol. The van der Waals surface area contributed by atoms with Gasteiger partial charge in [-0.3, -0.25) is 9.79 Å². The molecule has 3 N–H and O–H groups in total. The van der Waals surface area contributed by atoms with Crippen LogP contribution >= 0.6 is 24.0 Å². The molecule has 156 valence electrons. The Morgan fingerprint density at radius 2 is 1.93 bits per heavy atom. The highest BCUT2D eigenvalue weighted by Gasteiger charge is 2.14. The van der Waals surface area contributed by atoms with Crippen molar-refractivity contribution in [3.05, 3.63) is 59.2 Å². The number of ether oxygens (including phenoxy) is 1. The lowest BCUT2D eigenvalue weighted by molar-refractivity contribution is -0.116. The largest absolute Gasteiger partial charge is 0.492 e. The number of nitrogens with one attached hydrogen (secondary N) is 3. The molecule has 1 aliphatic rings. The van der Waals surface area contributed by atoms with Crippen LogP contribution in [0.2, 0.25) is 0 Å². The summed E-state index contributed by atoms with van der Waals surface area (Å²) in [5.74, 6) is 1.64. The Kier molecular flexibility index (Phi) is 9.24. The Morgan fingerprint density at radius 3 is 2.69 bits per heavy atom. The molecule has 3 rings (SSSR count). The third kappa shape index (κ3) is 6.62. The van der Waals surface area contributed by atoms with Gasteiger partial charge in [0.25, 0.3) is 0 Å². The predicted molar refractivity (Wildman–Crippen MR) is 128 cm³/mol. The van der Waals surface area contributed by atoms with Crippen LogP contribution in [0.1, 0.15) is 30.0 Å². The molecule has 6 nitrogen and oxygen atoms in total. The van der Waals surface area contributed by atoms with Gasteiger partial charge in [0, 0.05) is 25.7 Å². The van der Waals surface area contributed by atoms with E-state index in [-0.39, 0.29) is 29.9 Å². The Labute approximate surface area is 189 Å². The van der Waals surface area contributed by atoms with Crippen LogP contribution in [-0.4, -0.2) is 32.1 Å². The number of nitrogens with zero attached hydrogens (tertiary/aromatic N) is 1. The lowest BCUT2D eigenvalue weighted by Gasteiger charge is -2.18. The quantitative estimate of drug-likeness (QED) is 0.232. The zero-order valence-electron chi connectivity index (χ0n) is 17.0. The van der Waals surface area contributed by atoms with E-state index in [0.717, 1.165) is 42.3 Å². The number of hydrogen-bond acceptors (Lipinski definition) is 3. The van der Waals surface area contributed by atoms with Crippen LogP contribution in [0.3, 0.4) is 0 Å². The minimum Gasteiger partial charge on any atom is -0.492 e. The lowest BCUT2D eigenvalue weighted by Crippen LogP contribution is -2.39. The van der Waals surface area contributed by atoms with E-state index < -0.39 is 0 Å². The molecule has 2 aromatic carbocycles. The summed E-state index contributed by atoms with van der Waals surface area (Å²) >= 11 is 0. The first kappa shape index (κ1) is 23.0. The molecule has 0 bridgehead atoms. The number of rotatable bonds is 7. The van der Waals surface area contributed by atoms with Crippen molar-refractivity contribution in [1.29, 1.82) is 0 Å². The summed E-state index contributed by atoms with van der Waals surface area (Å²) in [7, 11) is 1.76. The summed E-state index contributed by atoms with van der Waals surface area (Å²) in [4.78, 5) is 15.7. The number of carbonyl (C=O) groups excluding carboxylic acids is 1. The van der Waals surface area contributed by atoms with Gasteiger partial charge >= 0.3 is 0 Å². The van der Waals surface area contributed by atoms with Crippen molar-refractivity contribution in [3.63, 3.8) is 0 Å². The summed E-state index contributed by atoms with van der Waals surface area (Å²) in [5, 5.41) is 9.50. The van der Waals surface area contributed by atoms with Crippen molar-refractivity contribution in [3.8, 4) is 5.75 Å². The summed E-state index contributed by atoms with van der Waals surface area (Å²) in [5.41, 5.74) is 4.64. The smallest absolute Gasteiger partial charge is 0.224 e. The van der Waals surface area contributed by atoms with Crippen LogP contribution in [0, 0.1) is 0 Å². The maximum absolute atomic E-state index is 11.4. The van der Waals surface area contributed by atoms with E-state index >= 15 is 0 Å². The number of aliphatic imine (C=N–C) groups is 1. The number of fused-ring (bicyclic) bond motifs is 1. The highest BCUT2D eigenvalue weighted by molar-refractivity contribution is 14.0. The van der Waals surface area contributed by atoms with Crippen molar-refractivity contribution in [2.45, 2.75) is 32.7 Å². The number of carbonyl (C=O) groups is 1. The molecule has 0 atom stereocenters. The van der Waals surface area contributed by atoms with Gasteiger partial charge in [-0.25, -0.2) is 0 Å². The Hall–Kier alpha value is -2.29. The fourth-order valence-electron chi connectivity index (χ4n) is 3.26. The number of guanidine groups is 1. The molecule has 0 saturated carbocycles. The van der Waals surface area contributed by atoms with Crippen molar-refractivity contribution in [2.75, 3.05) is 25.5 Å². The van der Waals surface area contributed by atoms with Gasteiger partial charge in [-0.1, -0.05) is 31.2 Å². The molecule has 0 aliphatic carbocycles. The molecule has 2 aromatic rings. The molecule has 1 aliphatic heterocycles. The molecule has 29 heavy (non-hydrogen) atoms. The summed E-state index contributed by atoms with van der Waals surface area (Å²) < 4.78 is 5.84. The van der Waals surface area contributed by atoms with Crippen molar-refractivity contribution >= 4 is 41.5 Å². The van der Waals surface area contributed by atoms with Crippen LogP contribution in [-0.2, 0) is 24.2 Å². The third-order valence-electron chi connectivity index (χ3n) is 4.80. The summed E-state index contributed by atoms with van der Waals surface area (Å²) in [6, 6.07) is 14.2. The molecule has 0 aromatic heterocycles. The number of amides is 1. The van der Waals surface area contributed by atoms with E-state index in [1.165, 1.54) is 11.1 Å². The van der Waals surface area contributed by atoms with E-state index in [1.807, 2.05) is 18.2 Å². The lowest BCUT2D eigenvalue weighted by atomic mass is 10.0. The van der Waals surface area contributed by atoms with Crippen molar-refractivity contribution in [1.82, 2.24) is 10.6 Å². The normalized spacial score (nSPS) is 13.0. The van der Waals surface area contributed by atoms with Crippen LogP contribution in [0.25, 0.3) is 0 Å². The number of benzene rings is 2. The van der Waals surface area contributed by atoms with Gasteiger partial charge < -0.3 is 20.7 Å². The van der Waals surface area contributed by atoms with E-state index in [0.29, 0.717) is 19.6 Å². The van der Waals surface area contributed by atoms with Gasteiger partial charge in [-0.05, 0) is 47.7 Å². The average Bonchev–Trinajstić information content (AvgIpc) is 2.73. The summed E-state index contributed by atoms with van der Waals surface area (Å²) in [6.45, 7) is 4.07. The maximum Gasteiger partial charge on any atom is 0.224 e. The minimum absolute atomic E-state index is 0. The maximum atomic E-state index is 11.4. The van der Waals surface area contributed by atoms with Gasteiger partial charge in [0.2, 0.25) is 5.91 Å². The van der Waals surface area contributed by atoms with Crippen LogP contribution < -0.4 is 20.7 Å². The second-order valence-electron chi connectivity index (χ2n) is 6.69. The molecular weight excluding hydrogens is 479 g/mol. The number of aryl methyl sites for hydroxylation is 2. The van der Waals surface area contributed by atoms with Gasteiger partial charge in [0.05, 0.1) is 6.54 Å². The van der Waals surface area contributed by atoms with Crippen LogP contribution in [0.5, 0.6) is 5.75 Å². The second kappa shape index (κ2) is 11.6. The topological polar surface area (TPSA) is 74.8 Å². The molecule has 0 fully saturated rings. The zero-order chi connectivity index (χ0) is 19.8. The van der Waals surface area contributed by atoms with Gasteiger partial charge in [-0.2, -0.15) is 0 Å². The average molecular weight is 508 g/mol. The van der Waals surface area contributed by atoms with E-state index in [9.17, 15) is 4.79 Å². The van der Waals surface area contributed by atoms with Gasteiger partial charge in [0.1, 0.15) is 12.4 Å². The molecular formula is C22H29IN4O2. The number of anilines is 1. The summed E-state index contributed by atoms with van der Waals surface area (Å²) in [6.07, 6.45) is 2.30. The zero-order valence-corrected chi connectivity index (χ0v) is 19.3. The Morgan fingerprint density at radius 1 is 1.14 bits per heavy atom. The molecule has 0 radical (unpaired) electrons. The van der Waals surface area contributed by atoms with Gasteiger partial charge in [-0.15, -0.1) is 24.0 Å². The Balaban J connectivity index is 0.00000300. The number of halogens is 1. The van der Waals surface area contributed by atoms with Crippen molar-refractivity contribution < 1.29 is 9.53 Å². The standard InChI is InChI=1S/C22H28N4O2.HI/c1-3-16-6-4-5-7-18(16)15-25-22(23-2)24-12-13-28-19-9-10-20-17(14-19)8-11-21(27)26-20;/h4-7,9-10,14H,3,8,11-13,15H2,1-2H3,(H,26,27)(H2,23,24,25);1H. The predicted octanol–water partition coefficient (Wildman–Crippen LogP) is 3.50. The molecule has 0 saturated heterocycles. The third-order valence-corrected chi connectivity index (χ3v) is 4.80. The first-order valence-electron chi connectivity index (χ1n) is 9.76. The fourth-order valence-corrected chi connectivity index (χ4v) is 3.26. The highest BCUT2D eigenvalue weighted by atomic mass is 127. The van der Waals surface area contributed by atoms with E-state index in [2.05, 4.69) is 52.1 Å². The molecule has 7 heteroatoms. The van der Waals surface area contributed by atoms with Crippen LogP contribution in [0.15, 0.2) is 47.5 Å². The molecule has 1 amide bonds. The second-order valence-corrected chi connectivity index (χ2v) is 6.69. The van der Waals surface area contributed by atoms with E-state index in [1.54, 1.807) is 7.05 Å². The highest BCUT2D eigenvalue weighted by Crippen LogP contribution is 2.26. The Bertz CT molecular complexity index is 854. The number of hydrogen-bond donors (Lipinski definition) is 3. The first-order valence-corrected chi connectivity index (χ1v) is 9.76. The van der Waals surface area contributed by atoms with E-state index in [4.69, 9.17) is 4.74 Å².